The maximum atomic E-state index is 12.3. The number of carbonyl (C=O) groups excluding carboxylic acids is 1. The van der Waals surface area contributed by atoms with Crippen LogP contribution in [0.5, 0.6) is 0 Å². The van der Waals surface area contributed by atoms with Gasteiger partial charge in [-0.05, 0) is 39.2 Å². The lowest BCUT2D eigenvalue weighted by molar-refractivity contribution is -0.150. The Morgan fingerprint density at radius 2 is 2.12 bits per heavy atom. The van der Waals surface area contributed by atoms with Crippen molar-refractivity contribution >= 4 is 11.9 Å². The highest BCUT2D eigenvalue weighted by molar-refractivity contribution is 5.85. The van der Waals surface area contributed by atoms with Crippen LogP contribution in [0.15, 0.2) is 0 Å². The summed E-state index contributed by atoms with van der Waals surface area (Å²) in [6.45, 7) is 3.52. The molecule has 0 aromatic carbocycles. The van der Waals surface area contributed by atoms with Gasteiger partial charge in [0.25, 0.3) is 0 Å². The van der Waals surface area contributed by atoms with E-state index in [2.05, 4.69) is 12.2 Å². The standard InChI is InChI=1S/C12H20N2O3/c1-8-7-9(4-5-13-8)11(15)14-6-2-3-10(14)12(16)17/h8-10,13H,2-7H2,1H3,(H,16,17). The van der Waals surface area contributed by atoms with Gasteiger partial charge in [0.15, 0.2) is 0 Å². The van der Waals surface area contributed by atoms with Crippen LogP contribution in [0.2, 0.25) is 0 Å². The molecule has 0 radical (unpaired) electrons. The lowest BCUT2D eigenvalue weighted by Crippen LogP contribution is -2.47. The van der Waals surface area contributed by atoms with Gasteiger partial charge < -0.3 is 15.3 Å². The smallest absolute Gasteiger partial charge is 0.326 e. The van der Waals surface area contributed by atoms with Crippen LogP contribution in [-0.2, 0) is 9.59 Å². The van der Waals surface area contributed by atoms with Gasteiger partial charge in [0.2, 0.25) is 5.91 Å². The number of hydrogen-bond acceptors (Lipinski definition) is 3. The molecule has 0 saturated carbocycles. The summed E-state index contributed by atoms with van der Waals surface area (Å²) in [4.78, 5) is 24.9. The van der Waals surface area contributed by atoms with Gasteiger partial charge in [0.1, 0.15) is 6.04 Å². The minimum Gasteiger partial charge on any atom is -0.480 e. The summed E-state index contributed by atoms with van der Waals surface area (Å²) in [5.74, 6) is -0.813. The first-order chi connectivity index (χ1) is 8.09. The average Bonchev–Trinajstić information content (AvgIpc) is 2.77. The van der Waals surface area contributed by atoms with Gasteiger partial charge in [0.05, 0.1) is 0 Å². The zero-order valence-corrected chi connectivity index (χ0v) is 10.2. The van der Waals surface area contributed by atoms with E-state index in [9.17, 15) is 9.59 Å². The van der Waals surface area contributed by atoms with E-state index >= 15 is 0 Å². The normalized spacial score (nSPS) is 33.7. The van der Waals surface area contributed by atoms with Crippen molar-refractivity contribution < 1.29 is 14.7 Å². The van der Waals surface area contributed by atoms with Crippen LogP contribution in [-0.4, -0.2) is 47.1 Å². The molecule has 2 fully saturated rings. The average molecular weight is 240 g/mol. The topological polar surface area (TPSA) is 69.6 Å². The minimum atomic E-state index is -0.863. The Bertz CT molecular complexity index is 319. The summed E-state index contributed by atoms with van der Waals surface area (Å²) in [6, 6.07) is -0.240. The summed E-state index contributed by atoms with van der Waals surface area (Å²) in [5.41, 5.74) is 0. The summed E-state index contributed by atoms with van der Waals surface area (Å²) >= 11 is 0. The van der Waals surface area contributed by atoms with E-state index in [0.717, 1.165) is 25.8 Å². The van der Waals surface area contributed by atoms with E-state index in [4.69, 9.17) is 5.11 Å². The minimum absolute atomic E-state index is 0.00574. The van der Waals surface area contributed by atoms with Gasteiger partial charge >= 0.3 is 5.97 Å². The van der Waals surface area contributed by atoms with Gasteiger partial charge in [-0.15, -0.1) is 0 Å². The molecule has 0 aliphatic carbocycles. The highest BCUT2D eigenvalue weighted by Gasteiger charge is 2.37. The summed E-state index contributed by atoms with van der Waals surface area (Å²) < 4.78 is 0. The fraction of sp³-hybridized carbons (Fsp3) is 0.833. The van der Waals surface area contributed by atoms with E-state index in [1.807, 2.05) is 0 Å². The van der Waals surface area contributed by atoms with Gasteiger partial charge in [-0.2, -0.15) is 0 Å². The fourth-order valence-electron chi connectivity index (χ4n) is 2.88. The molecule has 3 atom stereocenters. The van der Waals surface area contributed by atoms with Crippen molar-refractivity contribution in [3.05, 3.63) is 0 Å². The second-order valence-corrected chi connectivity index (χ2v) is 5.10. The van der Waals surface area contributed by atoms with Crippen molar-refractivity contribution in [2.45, 2.75) is 44.7 Å². The Hall–Kier alpha value is -1.10. The number of carboxylic acid groups (broad SMARTS) is 1. The molecule has 96 valence electrons. The third kappa shape index (κ3) is 2.60. The van der Waals surface area contributed by atoms with Crippen molar-refractivity contribution in [3.63, 3.8) is 0 Å². The number of carbonyl (C=O) groups is 2. The summed E-state index contributed by atoms with van der Waals surface area (Å²) in [7, 11) is 0. The molecule has 5 heteroatoms. The number of piperidine rings is 1. The predicted molar refractivity (Wildman–Crippen MR) is 62.6 cm³/mol. The number of aliphatic carboxylic acids is 1. The van der Waals surface area contributed by atoms with Crippen molar-refractivity contribution in [1.29, 1.82) is 0 Å². The number of carboxylic acids is 1. The number of hydrogen-bond donors (Lipinski definition) is 2. The summed E-state index contributed by atoms with van der Waals surface area (Å²) in [6.07, 6.45) is 3.05. The maximum Gasteiger partial charge on any atom is 0.326 e. The third-order valence-corrected chi connectivity index (χ3v) is 3.79. The van der Waals surface area contributed by atoms with E-state index in [1.165, 1.54) is 0 Å². The van der Waals surface area contributed by atoms with Crippen LogP contribution in [0.1, 0.15) is 32.6 Å². The SMILES string of the molecule is CC1CC(C(=O)N2CCCC2C(=O)O)CCN1. The largest absolute Gasteiger partial charge is 0.480 e. The lowest BCUT2D eigenvalue weighted by Gasteiger charge is -2.31. The van der Waals surface area contributed by atoms with Crippen molar-refractivity contribution in [3.8, 4) is 0 Å². The molecule has 5 nitrogen and oxygen atoms in total. The lowest BCUT2D eigenvalue weighted by atomic mass is 9.92. The van der Waals surface area contributed by atoms with Gasteiger partial charge in [-0.3, -0.25) is 4.79 Å². The molecule has 2 rings (SSSR count). The molecule has 3 unspecified atom stereocenters. The molecule has 2 aliphatic heterocycles. The number of amides is 1. The molecule has 2 saturated heterocycles. The first-order valence-corrected chi connectivity index (χ1v) is 6.36. The second-order valence-electron chi connectivity index (χ2n) is 5.10. The van der Waals surface area contributed by atoms with Crippen molar-refractivity contribution in [2.24, 2.45) is 5.92 Å². The molecule has 1 amide bonds. The molecule has 2 N–H and O–H groups in total. The Balaban J connectivity index is 2.01. The monoisotopic (exact) mass is 240 g/mol. The van der Waals surface area contributed by atoms with E-state index in [1.54, 1.807) is 4.90 Å². The number of nitrogens with one attached hydrogen (secondary N) is 1. The van der Waals surface area contributed by atoms with Gasteiger partial charge in [0, 0.05) is 18.5 Å². The Kier molecular flexibility index (Phi) is 3.66. The molecule has 0 spiro atoms. The number of likely N-dealkylation sites (tertiary alicyclic amines) is 1. The van der Waals surface area contributed by atoms with E-state index in [0.29, 0.717) is 19.0 Å². The van der Waals surface area contributed by atoms with Crippen molar-refractivity contribution in [2.75, 3.05) is 13.1 Å². The zero-order valence-electron chi connectivity index (χ0n) is 10.2. The van der Waals surface area contributed by atoms with E-state index in [-0.39, 0.29) is 11.8 Å². The Morgan fingerprint density at radius 1 is 1.35 bits per heavy atom. The highest BCUT2D eigenvalue weighted by atomic mass is 16.4. The third-order valence-electron chi connectivity index (χ3n) is 3.79. The molecule has 0 aromatic heterocycles. The molecule has 2 aliphatic rings. The quantitative estimate of drug-likeness (QED) is 0.735. The first kappa shape index (κ1) is 12.4. The molecule has 17 heavy (non-hydrogen) atoms. The molecule has 0 aromatic rings. The number of rotatable bonds is 2. The molecular weight excluding hydrogens is 220 g/mol. The van der Waals surface area contributed by atoms with Crippen LogP contribution in [0.25, 0.3) is 0 Å². The van der Waals surface area contributed by atoms with E-state index < -0.39 is 12.0 Å². The van der Waals surface area contributed by atoms with Crippen LogP contribution in [0.4, 0.5) is 0 Å². The van der Waals surface area contributed by atoms with Crippen LogP contribution in [0.3, 0.4) is 0 Å². The van der Waals surface area contributed by atoms with Crippen molar-refractivity contribution in [1.82, 2.24) is 10.2 Å². The second kappa shape index (κ2) is 5.04. The molecular formula is C12H20N2O3. The van der Waals surface area contributed by atoms with Gasteiger partial charge in [-0.1, -0.05) is 0 Å². The Labute approximate surface area is 101 Å². The first-order valence-electron chi connectivity index (χ1n) is 6.36. The van der Waals surface area contributed by atoms with Crippen LogP contribution >= 0.6 is 0 Å². The Morgan fingerprint density at radius 3 is 2.76 bits per heavy atom. The predicted octanol–water partition coefficient (Wildman–Crippen LogP) is 0.450. The number of nitrogens with zero attached hydrogens (tertiary/aromatic N) is 1. The fourth-order valence-corrected chi connectivity index (χ4v) is 2.88. The molecule has 2 heterocycles. The van der Waals surface area contributed by atoms with Crippen LogP contribution in [0, 0.1) is 5.92 Å². The van der Waals surface area contributed by atoms with Gasteiger partial charge in [-0.25, -0.2) is 4.79 Å². The zero-order chi connectivity index (χ0) is 12.4. The highest BCUT2D eigenvalue weighted by Crippen LogP contribution is 2.25. The van der Waals surface area contributed by atoms with Crippen LogP contribution < -0.4 is 5.32 Å². The maximum absolute atomic E-state index is 12.3. The molecule has 0 bridgehead atoms. The summed E-state index contributed by atoms with van der Waals surface area (Å²) in [5, 5.41) is 12.4.